The Bertz CT molecular complexity index is 1180. The highest BCUT2D eigenvalue weighted by Crippen LogP contribution is 2.20. The summed E-state index contributed by atoms with van der Waals surface area (Å²) in [6.45, 7) is 4.22. The summed E-state index contributed by atoms with van der Waals surface area (Å²) in [5.41, 5.74) is 4.44. The number of rotatable bonds is 6. The Morgan fingerprint density at radius 1 is 1.00 bits per heavy atom. The van der Waals surface area contributed by atoms with E-state index in [0.29, 0.717) is 12.2 Å². The zero-order chi connectivity index (χ0) is 21.1. The minimum Gasteiger partial charge on any atom is -0.342 e. The molecule has 4 rings (SSSR count). The third kappa shape index (κ3) is 4.07. The van der Waals surface area contributed by atoms with Crippen LogP contribution in [0.15, 0.2) is 60.8 Å². The van der Waals surface area contributed by atoms with E-state index in [1.54, 1.807) is 16.8 Å². The van der Waals surface area contributed by atoms with Crippen LogP contribution in [0.5, 0.6) is 0 Å². The molecule has 8 heteroatoms. The van der Waals surface area contributed by atoms with Crippen LogP contribution in [0.25, 0.3) is 5.52 Å². The molecule has 0 atom stereocenters. The van der Waals surface area contributed by atoms with E-state index in [1.807, 2.05) is 67.1 Å². The molecule has 0 aliphatic rings. The Hall–Kier alpha value is -3.94. The number of pyridine rings is 1. The van der Waals surface area contributed by atoms with Crippen molar-refractivity contribution in [1.29, 1.82) is 0 Å². The summed E-state index contributed by atoms with van der Waals surface area (Å²) in [6, 6.07) is 17.2. The van der Waals surface area contributed by atoms with Gasteiger partial charge in [0.2, 0.25) is 5.91 Å². The third-order valence-electron chi connectivity index (χ3n) is 4.83. The van der Waals surface area contributed by atoms with Gasteiger partial charge >= 0.3 is 0 Å². The molecule has 1 aromatic carbocycles. The van der Waals surface area contributed by atoms with E-state index in [4.69, 9.17) is 0 Å². The van der Waals surface area contributed by atoms with Gasteiger partial charge in [-0.2, -0.15) is 10.2 Å². The van der Waals surface area contributed by atoms with Gasteiger partial charge in [0.25, 0.3) is 5.91 Å². The molecule has 0 bridgehead atoms. The number of nitrogens with one attached hydrogen (secondary N) is 2. The number of anilines is 1. The molecular formula is C22H22N6O2. The SMILES string of the molecule is Cc1nn(Cc2ccccc2)c(C)c1NC(=O)CNC(=O)c1cc2ccccn2n1. The first-order valence-electron chi connectivity index (χ1n) is 9.61. The van der Waals surface area contributed by atoms with Crippen molar-refractivity contribution in [1.82, 2.24) is 24.7 Å². The molecule has 0 fully saturated rings. The van der Waals surface area contributed by atoms with E-state index in [9.17, 15) is 9.59 Å². The summed E-state index contributed by atoms with van der Waals surface area (Å²) in [5, 5.41) is 14.2. The lowest BCUT2D eigenvalue weighted by Gasteiger charge is -2.08. The lowest BCUT2D eigenvalue weighted by Crippen LogP contribution is -2.33. The largest absolute Gasteiger partial charge is 0.342 e. The Labute approximate surface area is 173 Å². The molecule has 0 saturated carbocycles. The van der Waals surface area contributed by atoms with Gasteiger partial charge in [0, 0.05) is 6.20 Å². The fraction of sp³-hybridized carbons (Fsp3) is 0.182. The first-order chi connectivity index (χ1) is 14.5. The van der Waals surface area contributed by atoms with Crippen molar-refractivity contribution in [2.24, 2.45) is 0 Å². The highest BCUT2D eigenvalue weighted by Gasteiger charge is 2.16. The van der Waals surface area contributed by atoms with Gasteiger partial charge in [0.05, 0.1) is 35.7 Å². The van der Waals surface area contributed by atoms with Crippen molar-refractivity contribution >= 4 is 23.0 Å². The van der Waals surface area contributed by atoms with Crippen LogP contribution in [-0.2, 0) is 11.3 Å². The predicted molar refractivity (Wildman–Crippen MR) is 113 cm³/mol. The van der Waals surface area contributed by atoms with E-state index in [1.165, 1.54) is 0 Å². The van der Waals surface area contributed by atoms with Gasteiger partial charge in [-0.3, -0.25) is 14.3 Å². The summed E-state index contributed by atoms with van der Waals surface area (Å²) >= 11 is 0. The summed E-state index contributed by atoms with van der Waals surface area (Å²) < 4.78 is 3.47. The minimum absolute atomic E-state index is 0.157. The van der Waals surface area contributed by atoms with Crippen LogP contribution in [0.3, 0.4) is 0 Å². The van der Waals surface area contributed by atoms with E-state index >= 15 is 0 Å². The molecule has 3 aromatic heterocycles. The first-order valence-corrected chi connectivity index (χ1v) is 9.61. The monoisotopic (exact) mass is 402 g/mol. The minimum atomic E-state index is -0.401. The molecule has 0 saturated heterocycles. The van der Waals surface area contributed by atoms with Gasteiger partial charge in [-0.25, -0.2) is 4.52 Å². The maximum Gasteiger partial charge on any atom is 0.272 e. The quantitative estimate of drug-likeness (QED) is 0.518. The fourth-order valence-corrected chi connectivity index (χ4v) is 3.27. The molecule has 0 aliphatic heterocycles. The maximum atomic E-state index is 12.4. The number of carbonyl (C=O) groups is 2. The zero-order valence-electron chi connectivity index (χ0n) is 16.8. The van der Waals surface area contributed by atoms with E-state index in [0.717, 1.165) is 22.5 Å². The van der Waals surface area contributed by atoms with Crippen LogP contribution < -0.4 is 10.6 Å². The van der Waals surface area contributed by atoms with Crippen molar-refractivity contribution in [2.45, 2.75) is 20.4 Å². The predicted octanol–water partition coefficient (Wildman–Crippen LogP) is 2.56. The van der Waals surface area contributed by atoms with Crippen molar-refractivity contribution in [3.63, 3.8) is 0 Å². The number of hydrogen-bond donors (Lipinski definition) is 2. The average molecular weight is 402 g/mol. The fourth-order valence-electron chi connectivity index (χ4n) is 3.27. The number of amides is 2. The van der Waals surface area contributed by atoms with Gasteiger partial charge in [0.1, 0.15) is 0 Å². The van der Waals surface area contributed by atoms with Crippen LogP contribution in [0.4, 0.5) is 5.69 Å². The molecule has 3 heterocycles. The number of nitrogens with zero attached hydrogens (tertiary/aromatic N) is 4. The Morgan fingerprint density at radius 2 is 1.77 bits per heavy atom. The first kappa shape index (κ1) is 19.4. The molecule has 152 valence electrons. The molecule has 4 aromatic rings. The van der Waals surface area contributed by atoms with Crippen LogP contribution in [0, 0.1) is 13.8 Å². The van der Waals surface area contributed by atoms with Crippen molar-refractivity contribution in [3.8, 4) is 0 Å². The number of aromatic nitrogens is 4. The highest BCUT2D eigenvalue weighted by atomic mass is 16.2. The third-order valence-corrected chi connectivity index (χ3v) is 4.83. The van der Waals surface area contributed by atoms with E-state index in [-0.39, 0.29) is 18.1 Å². The lowest BCUT2D eigenvalue weighted by molar-refractivity contribution is -0.115. The number of hydrogen-bond acceptors (Lipinski definition) is 4. The van der Waals surface area contributed by atoms with Crippen LogP contribution in [0.1, 0.15) is 27.4 Å². The van der Waals surface area contributed by atoms with Crippen molar-refractivity contribution < 1.29 is 9.59 Å². The lowest BCUT2D eigenvalue weighted by atomic mass is 10.2. The number of carbonyl (C=O) groups excluding carboxylic acids is 2. The summed E-state index contributed by atoms with van der Waals surface area (Å²) in [6.07, 6.45) is 1.76. The van der Waals surface area contributed by atoms with Gasteiger partial charge in [0.15, 0.2) is 5.69 Å². The Balaban J connectivity index is 1.38. The molecular weight excluding hydrogens is 380 g/mol. The zero-order valence-corrected chi connectivity index (χ0v) is 16.8. The summed E-state index contributed by atoms with van der Waals surface area (Å²) in [7, 11) is 0. The standard InChI is InChI=1S/C22H22N6O2/c1-15-21(16(2)28(25-15)14-17-8-4-3-5-9-17)24-20(29)13-23-22(30)19-12-18-10-6-7-11-27(18)26-19/h3-12H,13-14H2,1-2H3,(H,23,30)(H,24,29). The van der Waals surface area contributed by atoms with Crippen LogP contribution in [0.2, 0.25) is 0 Å². The second-order valence-electron chi connectivity index (χ2n) is 7.02. The number of fused-ring (bicyclic) bond motifs is 1. The van der Waals surface area contributed by atoms with Gasteiger partial charge in [-0.05, 0) is 37.6 Å². The molecule has 0 aliphatic carbocycles. The summed E-state index contributed by atoms with van der Waals surface area (Å²) in [4.78, 5) is 24.7. The maximum absolute atomic E-state index is 12.4. The molecule has 30 heavy (non-hydrogen) atoms. The van der Waals surface area contributed by atoms with Crippen molar-refractivity contribution in [3.05, 3.63) is 83.4 Å². The number of benzene rings is 1. The Morgan fingerprint density at radius 3 is 2.53 bits per heavy atom. The van der Waals surface area contributed by atoms with Crippen LogP contribution in [-0.4, -0.2) is 37.8 Å². The second-order valence-corrected chi connectivity index (χ2v) is 7.02. The molecule has 0 radical (unpaired) electrons. The smallest absolute Gasteiger partial charge is 0.272 e. The molecule has 8 nitrogen and oxygen atoms in total. The Kier molecular flexibility index (Phi) is 5.30. The van der Waals surface area contributed by atoms with Gasteiger partial charge < -0.3 is 10.6 Å². The van der Waals surface area contributed by atoms with Crippen molar-refractivity contribution in [2.75, 3.05) is 11.9 Å². The van der Waals surface area contributed by atoms with Gasteiger partial charge in [-0.15, -0.1) is 0 Å². The second kappa shape index (κ2) is 8.20. The van der Waals surface area contributed by atoms with Crippen LogP contribution >= 0.6 is 0 Å². The topological polar surface area (TPSA) is 93.3 Å². The average Bonchev–Trinajstić information content (AvgIpc) is 3.29. The number of aryl methyl sites for hydroxylation is 1. The van der Waals surface area contributed by atoms with E-state index in [2.05, 4.69) is 20.8 Å². The van der Waals surface area contributed by atoms with E-state index < -0.39 is 5.91 Å². The highest BCUT2D eigenvalue weighted by molar-refractivity contribution is 5.99. The molecule has 0 unspecified atom stereocenters. The molecule has 2 N–H and O–H groups in total. The van der Waals surface area contributed by atoms with Gasteiger partial charge in [-0.1, -0.05) is 36.4 Å². The molecule has 2 amide bonds. The summed E-state index contributed by atoms with van der Waals surface area (Å²) in [5.74, 6) is -0.723. The molecule has 0 spiro atoms. The normalized spacial score (nSPS) is 10.9.